The molecule has 3 unspecified atom stereocenters. The van der Waals surface area contributed by atoms with E-state index in [0.717, 1.165) is 25.8 Å². The molecule has 0 saturated carbocycles. The molecule has 1 N–H and O–H groups in total. The Morgan fingerprint density at radius 1 is 1.11 bits per heavy atom. The fraction of sp³-hybridized carbons (Fsp3) is 0.394. The Morgan fingerprint density at radius 3 is 2.68 bits per heavy atom. The van der Waals surface area contributed by atoms with E-state index in [-0.39, 0.29) is 45.4 Å². The minimum absolute atomic E-state index is 0.0428. The number of alkyl halides is 1. The number of anilines is 1. The van der Waals surface area contributed by atoms with Crippen LogP contribution in [0.5, 0.6) is 11.8 Å². The summed E-state index contributed by atoms with van der Waals surface area (Å²) in [7, 11) is 1.38. The molecule has 3 fully saturated rings. The van der Waals surface area contributed by atoms with Crippen molar-refractivity contribution in [3.8, 4) is 41.4 Å². The second-order valence-electron chi connectivity index (χ2n) is 11.4. The van der Waals surface area contributed by atoms with Gasteiger partial charge in [0, 0.05) is 42.8 Å². The summed E-state index contributed by atoms with van der Waals surface area (Å²) in [6, 6.07) is 8.22. The maximum absolute atomic E-state index is 16.1. The number of phenols is 1. The Labute approximate surface area is 253 Å². The lowest BCUT2D eigenvalue weighted by Gasteiger charge is -2.31. The van der Waals surface area contributed by atoms with Gasteiger partial charge in [-0.1, -0.05) is 12.0 Å². The van der Waals surface area contributed by atoms with E-state index in [9.17, 15) is 19.1 Å². The van der Waals surface area contributed by atoms with Crippen molar-refractivity contribution in [2.24, 2.45) is 5.92 Å². The molecule has 0 bridgehead atoms. The first-order chi connectivity index (χ1) is 21.3. The molecule has 2 aromatic heterocycles. The van der Waals surface area contributed by atoms with Crippen LogP contribution in [0.1, 0.15) is 37.7 Å². The predicted molar refractivity (Wildman–Crippen MR) is 161 cm³/mol. The van der Waals surface area contributed by atoms with Crippen LogP contribution in [0.25, 0.3) is 32.9 Å². The fourth-order valence-electron chi connectivity index (χ4n) is 6.60. The van der Waals surface area contributed by atoms with Gasteiger partial charge in [0.15, 0.2) is 5.82 Å². The molecule has 5 heterocycles. The first-order valence-electron chi connectivity index (χ1n) is 14.7. The average molecular weight is 601 g/mol. The Kier molecular flexibility index (Phi) is 8.15. The van der Waals surface area contributed by atoms with Crippen LogP contribution in [0.3, 0.4) is 0 Å². The summed E-state index contributed by atoms with van der Waals surface area (Å²) < 4.78 is 48.4. The van der Waals surface area contributed by atoms with E-state index in [4.69, 9.17) is 11.2 Å². The zero-order valence-electron chi connectivity index (χ0n) is 24.2. The maximum Gasteiger partial charge on any atom is 0.318 e. The Morgan fingerprint density at radius 2 is 1.93 bits per heavy atom. The molecule has 3 aliphatic heterocycles. The number of nitrogens with zero attached hydrogens (tertiary/aromatic N) is 6. The van der Waals surface area contributed by atoms with Crippen molar-refractivity contribution in [2.45, 2.75) is 44.3 Å². The van der Waals surface area contributed by atoms with Crippen molar-refractivity contribution >= 4 is 27.5 Å². The van der Waals surface area contributed by atoms with Gasteiger partial charge in [0.1, 0.15) is 34.8 Å². The number of phenolic OH excluding ortho intramolecular Hbond substituents is 1. The third kappa shape index (κ3) is 5.44. The summed E-state index contributed by atoms with van der Waals surface area (Å²) in [5.41, 5.74) is -0.129. The summed E-state index contributed by atoms with van der Waals surface area (Å²) in [5.74, 6) is 0.974. The highest BCUT2D eigenvalue weighted by molar-refractivity contribution is 6.03. The number of nitriles is 1. The number of piperidine rings is 1. The van der Waals surface area contributed by atoms with Gasteiger partial charge in [-0.2, -0.15) is 15.2 Å². The van der Waals surface area contributed by atoms with Gasteiger partial charge < -0.3 is 14.7 Å². The number of methoxy groups -OCH3 is 1. The van der Waals surface area contributed by atoms with Crippen LogP contribution >= 0.6 is 0 Å². The number of hydrogen-bond acceptors (Lipinski definition) is 8. The number of hydrogen-bond donors (Lipinski definition) is 1. The maximum atomic E-state index is 16.1. The van der Waals surface area contributed by atoms with Crippen LogP contribution in [-0.4, -0.2) is 70.5 Å². The molecule has 44 heavy (non-hydrogen) atoms. The predicted octanol–water partition coefficient (Wildman–Crippen LogP) is 5.75. The molecule has 8 nitrogen and oxygen atoms in total. The number of fused-ring (bicyclic) bond motifs is 3. The molecule has 0 radical (unpaired) electrons. The van der Waals surface area contributed by atoms with Crippen LogP contribution < -0.4 is 9.64 Å². The Balaban J connectivity index is 0.000000323. The summed E-state index contributed by atoms with van der Waals surface area (Å²) >= 11 is 0. The van der Waals surface area contributed by atoms with Crippen LogP contribution in [0.4, 0.5) is 19.0 Å². The standard InChI is InChI=1S/C26H19F2N5O2.C7H12FN/c1-3-17-20(27)7-6-15-9-16(34)10-18(21(15)17)23-22(28)24-19(12-30-23)25(32-26(31-24)35-2)33-8-4-5-14(11-29)13-33;8-6-4-7-2-1-3-9(7)5-6/h1,6-7,9-10,12,14,34H,4-5,8,13H2,2H3;6-7H,1-5H2. The third-order valence-electron chi connectivity index (χ3n) is 8.64. The highest BCUT2D eigenvalue weighted by Gasteiger charge is 2.34. The lowest BCUT2D eigenvalue weighted by Crippen LogP contribution is -2.35. The van der Waals surface area contributed by atoms with Gasteiger partial charge in [-0.05, 0) is 62.2 Å². The molecular weight excluding hydrogens is 569 g/mol. The number of aromatic nitrogens is 3. The van der Waals surface area contributed by atoms with E-state index in [1.54, 1.807) is 0 Å². The molecule has 3 aliphatic rings. The first kappa shape index (κ1) is 29.5. The van der Waals surface area contributed by atoms with E-state index in [0.29, 0.717) is 42.3 Å². The highest BCUT2D eigenvalue weighted by Crippen LogP contribution is 2.39. The van der Waals surface area contributed by atoms with Crippen molar-refractivity contribution in [3.05, 3.63) is 47.7 Å². The van der Waals surface area contributed by atoms with E-state index >= 15 is 4.39 Å². The van der Waals surface area contributed by atoms with Gasteiger partial charge in [0.25, 0.3) is 0 Å². The van der Waals surface area contributed by atoms with Crippen molar-refractivity contribution in [1.29, 1.82) is 5.26 Å². The molecule has 0 spiro atoms. The summed E-state index contributed by atoms with van der Waals surface area (Å²) in [6.07, 6.45) is 11.4. The number of pyridine rings is 1. The third-order valence-corrected chi connectivity index (χ3v) is 8.64. The molecule has 4 aromatic rings. The van der Waals surface area contributed by atoms with Crippen molar-refractivity contribution in [1.82, 2.24) is 19.9 Å². The molecule has 2 aromatic carbocycles. The number of aromatic hydroxyl groups is 1. The Hall–Kier alpha value is -4.61. The molecule has 3 saturated heterocycles. The van der Waals surface area contributed by atoms with Gasteiger partial charge in [-0.25, -0.2) is 13.2 Å². The van der Waals surface area contributed by atoms with E-state index < -0.39 is 17.8 Å². The molecule has 0 aliphatic carbocycles. The summed E-state index contributed by atoms with van der Waals surface area (Å²) in [5, 5.41) is 20.7. The molecule has 3 atom stereocenters. The zero-order valence-corrected chi connectivity index (χ0v) is 24.2. The topological polar surface area (TPSA) is 98.4 Å². The van der Waals surface area contributed by atoms with Gasteiger partial charge >= 0.3 is 6.01 Å². The second kappa shape index (κ2) is 12.2. The number of benzene rings is 2. The smallest absolute Gasteiger partial charge is 0.318 e. The van der Waals surface area contributed by atoms with E-state index in [1.165, 1.54) is 50.4 Å². The molecule has 11 heteroatoms. The summed E-state index contributed by atoms with van der Waals surface area (Å²) in [6.45, 7) is 2.94. The van der Waals surface area contributed by atoms with Gasteiger partial charge in [0.05, 0.1) is 30.0 Å². The Bertz CT molecular complexity index is 1810. The zero-order chi connectivity index (χ0) is 31.0. The molecule has 7 rings (SSSR count). The SMILES string of the molecule is C#Cc1c(F)ccc2cc(O)cc(-c3ncc4c(N5CCCC(C#N)C5)nc(OC)nc4c3F)c12.FC1CC2CCCN2C1. The number of halogens is 3. The minimum Gasteiger partial charge on any atom is -0.508 e. The summed E-state index contributed by atoms with van der Waals surface area (Å²) in [4.78, 5) is 17.2. The average Bonchev–Trinajstić information content (AvgIpc) is 3.62. The largest absolute Gasteiger partial charge is 0.508 e. The van der Waals surface area contributed by atoms with Crippen molar-refractivity contribution in [3.63, 3.8) is 0 Å². The normalized spacial score (nSPS) is 21.4. The number of rotatable bonds is 3. The minimum atomic E-state index is -0.794. The second-order valence-corrected chi connectivity index (χ2v) is 11.4. The van der Waals surface area contributed by atoms with Gasteiger partial charge in [-0.15, -0.1) is 6.42 Å². The fourth-order valence-corrected chi connectivity index (χ4v) is 6.60. The van der Waals surface area contributed by atoms with Crippen LogP contribution in [0, 0.1) is 41.2 Å². The lowest BCUT2D eigenvalue weighted by molar-refractivity contribution is 0.292. The number of ether oxygens (including phenoxy) is 1. The van der Waals surface area contributed by atoms with Gasteiger partial charge in [0.2, 0.25) is 0 Å². The van der Waals surface area contributed by atoms with Crippen molar-refractivity contribution < 1.29 is 23.0 Å². The van der Waals surface area contributed by atoms with Crippen LogP contribution in [-0.2, 0) is 0 Å². The van der Waals surface area contributed by atoms with Crippen LogP contribution in [0.2, 0.25) is 0 Å². The molecular formula is C33H31F3N6O2. The lowest BCUT2D eigenvalue weighted by atomic mass is 9.95. The van der Waals surface area contributed by atoms with E-state index in [2.05, 4.69) is 31.8 Å². The van der Waals surface area contributed by atoms with Gasteiger partial charge in [-0.3, -0.25) is 9.88 Å². The highest BCUT2D eigenvalue weighted by atomic mass is 19.1. The quantitative estimate of drug-likeness (QED) is 0.297. The molecule has 226 valence electrons. The van der Waals surface area contributed by atoms with Crippen molar-refractivity contribution in [2.75, 3.05) is 38.2 Å². The monoisotopic (exact) mass is 600 g/mol. The number of terminal acetylenes is 1. The first-order valence-corrected chi connectivity index (χ1v) is 14.7. The molecule has 0 amide bonds. The van der Waals surface area contributed by atoms with E-state index in [1.807, 2.05) is 4.90 Å². The van der Waals surface area contributed by atoms with Crippen LogP contribution in [0.15, 0.2) is 30.5 Å².